The van der Waals surface area contributed by atoms with Crippen molar-refractivity contribution in [3.63, 3.8) is 0 Å². The molecule has 13 heavy (non-hydrogen) atoms. The van der Waals surface area contributed by atoms with Crippen LogP contribution in [0.15, 0.2) is 11.4 Å². The third kappa shape index (κ3) is 3.73. The van der Waals surface area contributed by atoms with Gasteiger partial charge in [-0.1, -0.05) is 26.2 Å². The van der Waals surface area contributed by atoms with Gasteiger partial charge in [0.15, 0.2) is 6.29 Å². The maximum Gasteiger partial charge on any atom is 0.160 e. The van der Waals surface area contributed by atoms with Crippen LogP contribution >= 0.6 is 11.3 Å². The number of unbranched alkanes of at least 4 members (excludes halogenated alkanes) is 3. The molecule has 1 nitrogen and oxygen atoms in total. The van der Waals surface area contributed by atoms with E-state index in [1.54, 1.807) is 11.3 Å². The molecule has 0 atom stereocenters. The number of thiophene rings is 1. The highest BCUT2D eigenvalue weighted by atomic mass is 32.1. The summed E-state index contributed by atoms with van der Waals surface area (Å²) in [5.41, 5.74) is 1.32. The van der Waals surface area contributed by atoms with Crippen LogP contribution in [0.25, 0.3) is 0 Å². The van der Waals surface area contributed by atoms with Gasteiger partial charge in [-0.2, -0.15) is 0 Å². The monoisotopic (exact) mass is 196 g/mol. The zero-order chi connectivity index (χ0) is 9.52. The predicted molar refractivity (Wildman–Crippen MR) is 57.6 cm³/mol. The zero-order valence-corrected chi connectivity index (χ0v) is 8.90. The van der Waals surface area contributed by atoms with Crippen molar-refractivity contribution in [1.29, 1.82) is 0 Å². The zero-order valence-electron chi connectivity index (χ0n) is 8.08. The van der Waals surface area contributed by atoms with Crippen molar-refractivity contribution in [1.82, 2.24) is 0 Å². The minimum atomic E-state index is 0.852. The molecule has 0 spiro atoms. The Labute approximate surface area is 83.8 Å². The molecule has 72 valence electrons. The molecule has 1 heterocycles. The highest BCUT2D eigenvalue weighted by Crippen LogP contribution is 2.15. The van der Waals surface area contributed by atoms with Gasteiger partial charge in [-0.3, -0.25) is 4.79 Å². The molecule has 0 aromatic carbocycles. The molecule has 0 saturated carbocycles. The molecule has 1 aromatic heterocycles. The summed E-state index contributed by atoms with van der Waals surface area (Å²) in [4.78, 5) is 11.3. The molecule has 0 bridgehead atoms. The van der Waals surface area contributed by atoms with Gasteiger partial charge in [0.1, 0.15) is 0 Å². The average molecular weight is 196 g/mol. The average Bonchev–Trinajstić information content (AvgIpc) is 2.60. The molecule has 0 radical (unpaired) electrons. The van der Waals surface area contributed by atoms with Crippen molar-refractivity contribution in [3.05, 3.63) is 21.9 Å². The quantitative estimate of drug-likeness (QED) is 0.501. The minimum Gasteiger partial charge on any atom is -0.297 e. The maximum absolute atomic E-state index is 10.4. The van der Waals surface area contributed by atoms with Gasteiger partial charge in [-0.05, 0) is 29.9 Å². The fraction of sp³-hybridized carbons (Fsp3) is 0.545. The van der Waals surface area contributed by atoms with E-state index in [0.29, 0.717) is 0 Å². The number of hydrogen-bond donors (Lipinski definition) is 0. The molecular weight excluding hydrogens is 180 g/mol. The van der Waals surface area contributed by atoms with Crippen molar-refractivity contribution in [2.45, 2.75) is 39.0 Å². The molecule has 0 N–H and O–H groups in total. The Hall–Kier alpha value is -0.630. The normalized spacial score (nSPS) is 10.2. The second-order valence-electron chi connectivity index (χ2n) is 3.29. The van der Waals surface area contributed by atoms with Gasteiger partial charge in [0.05, 0.1) is 4.88 Å². The molecule has 1 aromatic rings. The van der Waals surface area contributed by atoms with Gasteiger partial charge in [0.2, 0.25) is 0 Å². The van der Waals surface area contributed by atoms with E-state index < -0.39 is 0 Å². The SMILES string of the molecule is CCCCCCc1csc(C=O)c1. The van der Waals surface area contributed by atoms with Crippen molar-refractivity contribution in [3.8, 4) is 0 Å². The Morgan fingerprint density at radius 3 is 2.85 bits per heavy atom. The van der Waals surface area contributed by atoms with Crippen molar-refractivity contribution in [2.24, 2.45) is 0 Å². The van der Waals surface area contributed by atoms with Crippen LogP contribution in [-0.2, 0) is 6.42 Å². The number of rotatable bonds is 6. The first-order valence-electron chi connectivity index (χ1n) is 4.89. The van der Waals surface area contributed by atoms with Gasteiger partial charge >= 0.3 is 0 Å². The summed E-state index contributed by atoms with van der Waals surface area (Å²) in [5, 5.41) is 2.09. The fourth-order valence-electron chi connectivity index (χ4n) is 1.34. The topological polar surface area (TPSA) is 17.1 Å². The Kier molecular flexibility index (Phi) is 4.76. The third-order valence-corrected chi connectivity index (χ3v) is 3.02. The van der Waals surface area contributed by atoms with Crippen molar-refractivity contribution >= 4 is 17.6 Å². The van der Waals surface area contributed by atoms with Crippen LogP contribution in [0.5, 0.6) is 0 Å². The highest BCUT2D eigenvalue weighted by molar-refractivity contribution is 7.11. The summed E-state index contributed by atoms with van der Waals surface area (Å²) < 4.78 is 0. The van der Waals surface area contributed by atoms with Gasteiger partial charge < -0.3 is 0 Å². The fourth-order valence-corrected chi connectivity index (χ4v) is 2.09. The first-order valence-corrected chi connectivity index (χ1v) is 5.77. The summed E-state index contributed by atoms with van der Waals surface area (Å²) in [6.07, 6.45) is 7.23. The number of carbonyl (C=O) groups excluding carboxylic acids is 1. The lowest BCUT2D eigenvalue weighted by atomic mass is 10.1. The second kappa shape index (κ2) is 5.92. The first-order chi connectivity index (χ1) is 6.36. The Morgan fingerprint density at radius 2 is 2.23 bits per heavy atom. The number of carbonyl (C=O) groups is 1. The summed E-state index contributed by atoms with van der Waals surface area (Å²) in [6.45, 7) is 2.22. The van der Waals surface area contributed by atoms with Crippen LogP contribution in [0.2, 0.25) is 0 Å². The molecule has 0 amide bonds. The Morgan fingerprint density at radius 1 is 1.38 bits per heavy atom. The lowest BCUT2D eigenvalue weighted by Crippen LogP contribution is -1.82. The van der Waals surface area contributed by atoms with E-state index in [0.717, 1.165) is 17.6 Å². The second-order valence-corrected chi connectivity index (χ2v) is 4.23. The summed E-state index contributed by atoms with van der Waals surface area (Å²) in [6, 6.07) is 2.00. The number of aldehydes is 1. The molecule has 0 aliphatic rings. The Bertz CT molecular complexity index is 252. The van der Waals surface area contributed by atoms with Crippen LogP contribution in [0.1, 0.15) is 47.8 Å². The van der Waals surface area contributed by atoms with Crippen molar-refractivity contribution < 1.29 is 4.79 Å². The van der Waals surface area contributed by atoms with Crippen LogP contribution < -0.4 is 0 Å². The van der Waals surface area contributed by atoms with E-state index >= 15 is 0 Å². The lowest BCUT2D eigenvalue weighted by Gasteiger charge is -1.96. The summed E-state index contributed by atoms with van der Waals surface area (Å²) in [7, 11) is 0. The highest BCUT2D eigenvalue weighted by Gasteiger charge is 1.97. The minimum absolute atomic E-state index is 0.852. The van der Waals surface area contributed by atoms with Crippen molar-refractivity contribution in [2.75, 3.05) is 0 Å². The molecule has 0 fully saturated rings. The van der Waals surface area contributed by atoms with Crippen LogP contribution in [0.4, 0.5) is 0 Å². The van der Waals surface area contributed by atoms with E-state index in [1.165, 1.54) is 31.2 Å². The van der Waals surface area contributed by atoms with E-state index in [4.69, 9.17) is 0 Å². The lowest BCUT2D eigenvalue weighted by molar-refractivity contribution is 0.112. The molecule has 2 heteroatoms. The van der Waals surface area contributed by atoms with Gasteiger partial charge in [0, 0.05) is 0 Å². The van der Waals surface area contributed by atoms with E-state index in [1.807, 2.05) is 6.07 Å². The molecular formula is C11H16OS. The van der Waals surface area contributed by atoms with Gasteiger partial charge in [-0.15, -0.1) is 11.3 Å². The van der Waals surface area contributed by atoms with Gasteiger partial charge in [0.25, 0.3) is 0 Å². The van der Waals surface area contributed by atoms with E-state index in [9.17, 15) is 4.79 Å². The standard InChI is InChI=1S/C11H16OS/c1-2-3-4-5-6-10-7-11(8-12)13-9-10/h7-9H,2-6H2,1H3. The summed E-state index contributed by atoms with van der Waals surface area (Å²) >= 11 is 1.55. The maximum atomic E-state index is 10.4. The molecule has 0 saturated heterocycles. The first kappa shape index (κ1) is 10.5. The molecule has 0 unspecified atom stereocenters. The predicted octanol–water partition coefficient (Wildman–Crippen LogP) is 3.68. The summed E-state index contributed by atoms with van der Waals surface area (Å²) in [5.74, 6) is 0. The van der Waals surface area contributed by atoms with E-state index in [2.05, 4.69) is 12.3 Å². The largest absolute Gasteiger partial charge is 0.297 e. The molecule has 0 aliphatic heterocycles. The molecule has 0 aliphatic carbocycles. The number of hydrogen-bond acceptors (Lipinski definition) is 2. The van der Waals surface area contributed by atoms with Crippen LogP contribution in [0, 0.1) is 0 Å². The smallest absolute Gasteiger partial charge is 0.160 e. The number of aryl methyl sites for hydroxylation is 1. The third-order valence-electron chi connectivity index (χ3n) is 2.11. The van der Waals surface area contributed by atoms with Crippen LogP contribution in [-0.4, -0.2) is 6.29 Å². The molecule has 1 rings (SSSR count). The van der Waals surface area contributed by atoms with Crippen LogP contribution in [0.3, 0.4) is 0 Å². The van der Waals surface area contributed by atoms with E-state index in [-0.39, 0.29) is 0 Å². The van der Waals surface area contributed by atoms with Gasteiger partial charge in [-0.25, -0.2) is 0 Å². The Balaban J connectivity index is 2.24.